The molecule has 1 aromatic heterocycles. The van der Waals surface area contributed by atoms with Crippen LogP contribution < -0.4 is 9.47 Å². The molecule has 1 aromatic carbocycles. The van der Waals surface area contributed by atoms with Crippen LogP contribution in [0.4, 0.5) is 4.39 Å². The SMILES string of the molecule is COc1cccc(C2Cc3ccc(F)cc3OC2=O)n1. The van der Waals surface area contributed by atoms with Crippen LogP contribution in [-0.2, 0) is 11.2 Å². The Morgan fingerprint density at radius 3 is 3.00 bits per heavy atom. The van der Waals surface area contributed by atoms with Gasteiger partial charge in [-0.25, -0.2) is 9.37 Å². The summed E-state index contributed by atoms with van der Waals surface area (Å²) in [6.45, 7) is 0. The van der Waals surface area contributed by atoms with Crippen LogP contribution >= 0.6 is 0 Å². The molecule has 0 fully saturated rings. The van der Waals surface area contributed by atoms with Gasteiger partial charge in [-0.3, -0.25) is 4.79 Å². The lowest BCUT2D eigenvalue weighted by molar-refractivity contribution is -0.137. The van der Waals surface area contributed by atoms with Gasteiger partial charge in [0.15, 0.2) is 0 Å². The topological polar surface area (TPSA) is 48.4 Å². The van der Waals surface area contributed by atoms with Gasteiger partial charge >= 0.3 is 5.97 Å². The van der Waals surface area contributed by atoms with Crippen molar-refractivity contribution in [2.45, 2.75) is 12.3 Å². The third-order valence-corrected chi connectivity index (χ3v) is 3.26. The molecule has 20 heavy (non-hydrogen) atoms. The number of carbonyl (C=O) groups is 1. The molecule has 0 spiro atoms. The lowest BCUT2D eigenvalue weighted by atomic mass is 9.93. The van der Waals surface area contributed by atoms with Crippen molar-refractivity contribution < 1.29 is 18.7 Å². The molecule has 0 saturated carbocycles. The number of carbonyl (C=O) groups excluding carboxylic acids is 1. The first-order valence-electron chi connectivity index (χ1n) is 6.18. The van der Waals surface area contributed by atoms with Crippen molar-refractivity contribution in [3.05, 3.63) is 53.5 Å². The minimum atomic E-state index is -0.497. The number of fused-ring (bicyclic) bond motifs is 1. The summed E-state index contributed by atoms with van der Waals surface area (Å²) in [5.41, 5.74) is 1.38. The van der Waals surface area contributed by atoms with Crippen molar-refractivity contribution in [2.24, 2.45) is 0 Å². The smallest absolute Gasteiger partial charge is 0.320 e. The molecule has 3 rings (SSSR count). The Balaban J connectivity index is 1.95. The zero-order valence-corrected chi connectivity index (χ0v) is 10.8. The zero-order chi connectivity index (χ0) is 14.1. The maximum Gasteiger partial charge on any atom is 0.320 e. The lowest BCUT2D eigenvalue weighted by Crippen LogP contribution is -2.26. The first kappa shape index (κ1) is 12.6. The first-order chi connectivity index (χ1) is 9.67. The third-order valence-electron chi connectivity index (χ3n) is 3.26. The summed E-state index contributed by atoms with van der Waals surface area (Å²) in [5.74, 6) is -0.615. The molecular formula is C15H12FNO3. The van der Waals surface area contributed by atoms with Gasteiger partial charge in [0, 0.05) is 12.1 Å². The molecule has 0 aliphatic carbocycles. The maximum atomic E-state index is 13.1. The van der Waals surface area contributed by atoms with E-state index < -0.39 is 17.7 Å². The molecule has 4 nitrogen and oxygen atoms in total. The normalized spacial score (nSPS) is 17.3. The number of methoxy groups -OCH3 is 1. The van der Waals surface area contributed by atoms with Crippen molar-refractivity contribution in [3.8, 4) is 11.6 Å². The number of nitrogens with zero attached hydrogens (tertiary/aromatic N) is 1. The van der Waals surface area contributed by atoms with Crippen molar-refractivity contribution in [2.75, 3.05) is 7.11 Å². The zero-order valence-electron chi connectivity index (χ0n) is 10.8. The van der Waals surface area contributed by atoms with Crippen LogP contribution in [0, 0.1) is 5.82 Å². The monoisotopic (exact) mass is 273 g/mol. The highest BCUT2D eigenvalue weighted by molar-refractivity contribution is 5.82. The van der Waals surface area contributed by atoms with Crippen molar-refractivity contribution in [1.82, 2.24) is 4.98 Å². The molecule has 1 aliphatic rings. The summed E-state index contributed by atoms with van der Waals surface area (Å²) in [6, 6.07) is 9.44. The molecule has 2 aromatic rings. The second kappa shape index (κ2) is 4.92. The second-order valence-corrected chi connectivity index (χ2v) is 4.53. The highest BCUT2D eigenvalue weighted by Gasteiger charge is 2.31. The number of esters is 1. The molecule has 0 saturated heterocycles. The molecule has 0 radical (unpaired) electrons. The number of hydrogen-bond acceptors (Lipinski definition) is 4. The highest BCUT2D eigenvalue weighted by atomic mass is 19.1. The molecule has 0 bridgehead atoms. The van der Waals surface area contributed by atoms with Crippen LogP contribution in [-0.4, -0.2) is 18.1 Å². The Morgan fingerprint density at radius 1 is 1.35 bits per heavy atom. The van der Waals surface area contributed by atoms with Crippen LogP contribution in [0.25, 0.3) is 0 Å². The van der Waals surface area contributed by atoms with Gasteiger partial charge in [0.05, 0.1) is 12.8 Å². The maximum absolute atomic E-state index is 13.1. The number of rotatable bonds is 2. The van der Waals surface area contributed by atoms with Gasteiger partial charge < -0.3 is 9.47 Å². The van der Waals surface area contributed by atoms with Crippen molar-refractivity contribution in [3.63, 3.8) is 0 Å². The molecule has 0 N–H and O–H groups in total. The highest BCUT2D eigenvalue weighted by Crippen LogP contribution is 2.33. The number of halogens is 1. The van der Waals surface area contributed by atoms with Crippen LogP contribution in [0.15, 0.2) is 36.4 Å². The van der Waals surface area contributed by atoms with E-state index in [-0.39, 0.29) is 5.75 Å². The fraction of sp³-hybridized carbons (Fsp3) is 0.200. The first-order valence-corrected chi connectivity index (χ1v) is 6.18. The average Bonchev–Trinajstić information content (AvgIpc) is 2.46. The summed E-state index contributed by atoms with van der Waals surface area (Å²) in [6.07, 6.45) is 0.439. The standard InChI is InChI=1S/C15H12FNO3/c1-19-14-4-2-3-12(17-14)11-7-9-5-6-10(16)8-13(9)20-15(11)18/h2-6,8,11H,7H2,1H3. The summed E-state index contributed by atoms with van der Waals surface area (Å²) in [7, 11) is 1.52. The Morgan fingerprint density at radius 2 is 2.20 bits per heavy atom. The fourth-order valence-corrected chi connectivity index (χ4v) is 2.24. The van der Waals surface area contributed by atoms with Crippen molar-refractivity contribution in [1.29, 1.82) is 0 Å². The second-order valence-electron chi connectivity index (χ2n) is 4.53. The molecule has 1 aliphatic heterocycles. The summed E-state index contributed by atoms with van der Waals surface area (Å²) in [4.78, 5) is 16.3. The minimum absolute atomic E-state index is 0.286. The van der Waals surface area contributed by atoms with E-state index >= 15 is 0 Å². The van der Waals surface area contributed by atoms with Gasteiger partial charge in [-0.2, -0.15) is 0 Å². The molecular weight excluding hydrogens is 261 g/mol. The fourth-order valence-electron chi connectivity index (χ4n) is 2.24. The van der Waals surface area contributed by atoms with Gasteiger partial charge in [0.25, 0.3) is 0 Å². The Kier molecular flexibility index (Phi) is 3.10. The van der Waals surface area contributed by atoms with Crippen LogP contribution in [0.5, 0.6) is 11.6 Å². The molecule has 2 heterocycles. The van der Waals surface area contributed by atoms with Crippen LogP contribution in [0.3, 0.4) is 0 Å². The number of pyridine rings is 1. The summed E-state index contributed by atoms with van der Waals surface area (Å²) >= 11 is 0. The largest absolute Gasteiger partial charge is 0.481 e. The van der Waals surface area contributed by atoms with E-state index in [2.05, 4.69) is 4.98 Å². The Labute approximate surface area is 115 Å². The van der Waals surface area contributed by atoms with E-state index in [0.717, 1.165) is 5.56 Å². The number of benzene rings is 1. The minimum Gasteiger partial charge on any atom is -0.481 e. The van der Waals surface area contributed by atoms with Gasteiger partial charge in [-0.15, -0.1) is 0 Å². The van der Waals surface area contributed by atoms with Crippen molar-refractivity contribution >= 4 is 5.97 Å². The van der Waals surface area contributed by atoms with E-state index in [9.17, 15) is 9.18 Å². The van der Waals surface area contributed by atoms with Gasteiger partial charge in [0.1, 0.15) is 17.5 Å². The van der Waals surface area contributed by atoms with Crippen LogP contribution in [0.2, 0.25) is 0 Å². The number of ether oxygens (including phenoxy) is 2. The summed E-state index contributed by atoms with van der Waals surface area (Å²) < 4.78 is 23.4. The van der Waals surface area contributed by atoms with Gasteiger partial charge in [-0.05, 0) is 24.1 Å². The molecule has 5 heteroatoms. The quantitative estimate of drug-likeness (QED) is 0.623. The predicted molar refractivity (Wildman–Crippen MR) is 69.3 cm³/mol. The molecule has 102 valence electrons. The molecule has 1 atom stereocenters. The predicted octanol–water partition coefficient (Wildman–Crippen LogP) is 2.47. The van der Waals surface area contributed by atoms with E-state index in [1.165, 1.54) is 19.2 Å². The Bertz CT molecular complexity index is 672. The van der Waals surface area contributed by atoms with E-state index in [4.69, 9.17) is 9.47 Å². The van der Waals surface area contributed by atoms with Gasteiger partial charge in [-0.1, -0.05) is 12.1 Å². The number of hydrogen-bond donors (Lipinski definition) is 0. The third kappa shape index (κ3) is 2.22. The lowest BCUT2D eigenvalue weighted by Gasteiger charge is -2.23. The van der Waals surface area contributed by atoms with E-state index in [1.54, 1.807) is 24.3 Å². The van der Waals surface area contributed by atoms with E-state index in [1.807, 2.05) is 0 Å². The number of aromatic nitrogens is 1. The summed E-state index contributed by atoms with van der Waals surface area (Å²) in [5, 5.41) is 0. The van der Waals surface area contributed by atoms with E-state index in [0.29, 0.717) is 18.0 Å². The average molecular weight is 273 g/mol. The Hall–Kier alpha value is -2.43. The van der Waals surface area contributed by atoms with Crippen LogP contribution in [0.1, 0.15) is 17.2 Å². The molecule has 1 unspecified atom stereocenters. The molecule has 0 amide bonds. The van der Waals surface area contributed by atoms with Gasteiger partial charge in [0.2, 0.25) is 5.88 Å².